The van der Waals surface area contributed by atoms with Crippen molar-refractivity contribution in [1.29, 1.82) is 0 Å². The minimum Gasteiger partial charge on any atom is -0.464 e. The highest BCUT2D eigenvalue weighted by Crippen LogP contribution is 2.38. The van der Waals surface area contributed by atoms with Gasteiger partial charge in [0.15, 0.2) is 0 Å². The molecular formula is C25H30N2O4S. The van der Waals surface area contributed by atoms with Crippen molar-refractivity contribution in [2.24, 2.45) is 0 Å². The standard InChI is InChI=1S/C25H30N2O4S/c1-3-30-12-6-11-26-24(29)23-18-7-4-5-8-21(18)32-25(23)27-22(28)14-17-15-31-20-10-9-16(2)13-19(17)20/h9-10,13,15H,3-8,11-12,14H2,1-2H3,(H,26,29)(H,27,28). The fourth-order valence-electron chi connectivity index (χ4n) is 4.18. The molecule has 0 radical (unpaired) electrons. The fraction of sp³-hybridized carbons (Fsp3) is 0.440. The number of nitrogens with one attached hydrogen (secondary N) is 2. The number of ether oxygens (including phenoxy) is 1. The number of hydrogen-bond acceptors (Lipinski definition) is 5. The molecule has 32 heavy (non-hydrogen) atoms. The molecule has 0 saturated carbocycles. The molecule has 6 nitrogen and oxygen atoms in total. The Labute approximate surface area is 192 Å². The number of rotatable bonds is 9. The van der Waals surface area contributed by atoms with Crippen molar-refractivity contribution >= 4 is 39.1 Å². The second-order valence-corrected chi connectivity index (χ2v) is 9.31. The number of hydrogen-bond donors (Lipinski definition) is 2. The van der Waals surface area contributed by atoms with Crippen LogP contribution in [0.4, 0.5) is 5.00 Å². The highest BCUT2D eigenvalue weighted by molar-refractivity contribution is 7.17. The number of carbonyl (C=O) groups excluding carboxylic acids is 2. The molecule has 0 aliphatic heterocycles. The molecule has 2 aromatic heterocycles. The van der Waals surface area contributed by atoms with E-state index in [1.807, 2.05) is 32.0 Å². The third-order valence-electron chi connectivity index (χ3n) is 5.77. The van der Waals surface area contributed by atoms with E-state index < -0.39 is 0 Å². The largest absolute Gasteiger partial charge is 0.464 e. The van der Waals surface area contributed by atoms with Gasteiger partial charge in [-0.3, -0.25) is 9.59 Å². The van der Waals surface area contributed by atoms with Crippen LogP contribution in [-0.4, -0.2) is 31.6 Å². The van der Waals surface area contributed by atoms with E-state index in [9.17, 15) is 9.59 Å². The molecule has 7 heteroatoms. The maximum atomic E-state index is 13.0. The van der Waals surface area contributed by atoms with Crippen LogP contribution in [0.2, 0.25) is 0 Å². The van der Waals surface area contributed by atoms with E-state index >= 15 is 0 Å². The van der Waals surface area contributed by atoms with Crippen LogP contribution in [0, 0.1) is 6.92 Å². The van der Waals surface area contributed by atoms with Gasteiger partial charge in [0.25, 0.3) is 5.91 Å². The van der Waals surface area contributed by atoms with Crippen molar-refractivity contribution in [3.63, 3.8) is 0 Å². The van der Waals surface area contributed by atoms with E-state index in [4.69, 9.17) is 9.15 Å². The first-order valence-electron chi connectivity index (χ1n) is 11.3. The highest BCUT2D eigenvalue weighted by atomic mass is 32.1. The van der Waals surface area contributed by atoms with Gasteiger partial charge in [-0.2, -0.15) is 0 Å². The molecule has 3 aromatic rings. The predicted molar refractivity (Wildman–Crippen MR) is 128 cm³/mol. The molecule has 1 aromatic carbocycles. The summed E-state index contributed by atoms with van der Waals surface area (Å²) < 4.78 is 11.0. The number of benzene rings is 1. The van der Waals surface area contributed by atoms with Gasteiger partial charge in [0.2, 0.25) is 5.91 Å². The number of carbonyl (C=O) groups is 2. The molecule has 0 saturated heterocycles. The highest BCUT2D eigenvalue weighted by Gasteiger charge is 2.26. The van der Waals surface area contributed by atoms with Gasteiger partial charge >= 0.3 is 0 Å². The number of thiophene rings is 1. The van der Waals surface area contributed by atoms with Crippen LogP contribution in [0.15, 0.2) is 28.9 Å². The smallest absolute Gasteiger partial charge is 0.254 e. The average Bonchev–Trinajstić information content (AvgIpc) is 3.34. The Hall–Kier alpha value is -2.64. The van der Waals surface area contributed by atoms with Gasteiger partial charge in [-0.05, 0) is 63.6 Å². The van der Waals surface area contributed by atoms with Gasteiger partial charge < -0.3 is 19.8 Å². The Morgan fingerprint density at radius 2 is 2.06 bits per heavy atom. The Morgan fingerprint density at radius 1 is 1.22 bits per heavy atom. The first-order chi connectivity index (χ1) is 15.6. The molecule has 0 bridgehead atoms. The lowest BCUT2D eigenvalue weighted by atomic mass is 9.95. The first-order valence-corrected chi connectivity index (χ1v) is 12.2. The number of fused-ring (bicyclic) bond motifs is 2. The van der Waals surface area contributed by atoms with Gasteiger partial charge in [-0.15, -0.1) is 11.3 Å². The zero-order chi connectivity index (χ0) is 22.5. The van der Waals surface area contributed by atoms with Crippen LogP contribution >= 0.6 is 11.3 Å². The summed E-state index contributed by atoms with van der Waals surface area (Å²) in [5.74, 6) is -0.251. The summed E-state index contributed by atoms with van der Waals surface area (Å²) in [4.78, 5) is 27.2. The summed E-state index contributed by atoms with van der Waals surface area (Å²) >= 11 is 1.54. The summed E-state index contributed by atoms with van der Waals surface area (Å²) in [6.45, 7) is 5.83. The van der Waals surface area contributed by atoms with E-state index in [0.717, 1.165) is 59.8 Å². The molecular weight excluding hydrogens is 424 g/mol. The first kappa shape index (κ1) is 22.6. The van der Waals surface area contributed by atoms with Gasteiger partial charge in [0, 0.05) is 35.6 Å². The number of anilines is 1. The van der Waals surface area contributed by atoms with Crippen LogP contribution in [0.25, 0.3) is 11.0 Å². The lowest BCUT2D eigenvalue weighted by Crippen LogP contribution is -2.27. The van der Waals surface area contributed by atoms with E-state index in [-0.39, 0.29) is 18.2 Å². The molecule has 0 spiro atoms. The Kier molecular flexibility index (Phi) is 7.27. The van der Waals surface area contributed by atoms with Crippen LogP contribution in [-0.2, 0) is 28.8 Å². The van der Waals surface area contributed by atoms with E-state index in [1.165, 1.54) is 4.88 Å². The third kappa shape index (κ3) is 5.05. The number of amides is 2. The molecule has 0 unspecified atom stereocenters. The van der Waals surface area contributed by atoms with Crippen molar-refractivity contribution in [3.05, 3.63) is 51.6 Å². The van der Waals surface area contributed by atoms with E-state index in [0.29, 0.717) is 30.3 Å². The van der Waals surface area contributed by atoms with E-state index in [1.54, 1.807) is 17.6 Å². The van der Waals surface area contributed by atoms with Crippen LogP contribution in [0.1, 0.15) is 58.1 Å². The minimum absolute atomic E-state index is 0.111. The Balaban J connectivity index is 1.49. The summed E-state index contributed by atoms with van der Waals surface area (Å²) in [6.07, 6.45) is 6.66. The predicted octanol–water partition coefficient (Wildman–Crippen LogP) is 5.02. The molecule has 1 aliphatic carbocycles. The Bertz CT molecular complexity index is 1110. The monoisotopic (exact) mass is 454 g/mol. The summed E-state index contributed by atoms with van der Waals surface area (Å²) in [7, 11) is 0. The summed E-state index contributed by atoms with van der Waals surface area (Å²) in [6, 6.07) is 5.95. The second kappa shape index (κ2) is 10.3. The van der Waals surface area contributed by atoms with Crippen LogP contribution in [0.3, 0.4) is 0 Å². The van der Waals surface area contributed by atoms with Crippen molar-refractivity contribution in [2.45, 2.75) is 52.4 Å². The molecule has 0 atom stereocenters. The third-order valence-corrected chi connectivity index (χ3v) is 6.97. The Morgan fingerprint density at radius 3 is 2.91 bits per heavy atom. The average molecular weight is 455 g/mol. The zero-order valence-corrected chi connectivity index (χ0v) is 19.5. The van der Waals surface area contributed by atoms with E-state index in [2.05, 4.69) is 10.6 Å². The van der Waals surface area contributed by atoms with Crippen LogP contribution < -0.4 is 10.6 Å². The normalized spacial score (nSPS) is 13.2. The summed E-state index contributed by atoms with van der Waals surface area (Å²) in [5, 5.41) is 7.65. The number of furan rings is 1. The zero-order valence-electron chi connectivity index (χ0n) is 18.7. The van der Waals surface area contributed by atoms with Crippen molar-refractivity contribution in [2.75, 3.05) is 25.1 Å². The molecule has 4 rings (SSSR count). The molecule has 2 N–H and O–H groups in total. The minimum atomic E-state index is -0.141. The molecule has 0 fully saturated rings. The van der Waals surface area contributed by atoms with Gasteiger partial charge in [-0.1, -0.05) is 11.6 Å². The lowest BCUT2D eigenvalue weighted by molar-refractivity contribution is -0.115. The molecule has 170 valence electrons. The van der Waals surface area contributed by atoms with Gasteiger partial charge in [0.05, 0.1) is 18.2 Å². The summed E-state index contributed by atoms with van der Waals surface area (Å²) in [5.41, 5.74) is 4.49. The second-order valence-electron chi connectivity index (χ2n) is 8.21. The maximum Gasteiger partial charge on any atom is 0.254 e. The van der Waals surface area contributed by atoms with Gasteiger partial charge in [0.1, 0.15) is 10.6 Å². The van der Waals surface area contributed by atoms with Crippen molar-refractivity contribution in [3.8, 4) is 0 Å². The SMILES string of the molecule is CCOCCCNC(=O)c1c(NC(=O)Cc2coc3ccc(C)cc23)sc2c1CCCC2. The number of aryl methyl sites for hydroxylation is 2. The maximum absolute atomic E-state index is 13.0. The van der Waals surface area contributed by atoms with Gasteiger partial charge in [-0.25, -0.2) is 0 Å². The molecule has 2 amide bonds. The molecule has 1 aliphatic rings. The van der Waals surface area contributed by atoms with Crippen molar-refractivity contribution < 1.29 is 18.7 Å². The lowest BCUT2D eigenvalue weighted by Gasteiger charge is -2.13. The fourth-order valence-corrected chi connectivity index (χ4v) is 5.48. The topological polar surface area (TPSA) is 80.6 Å². The molecule has 2 heterocycles. The van der Waals surface area contributed by atoms with Crippen molar-refractivity contribution in [1.82, 2.24) is 5.32 Å². The quantitative estimate of drug-likeness (QED) is 0.445. The van der Waals surface area contributed by atoms with Crippen LogP contribution in [0.5, 0.6) is 0 Å².